The van der Waals surface area contributed by atoms with E-state index in [1.165, 1.54) is 38.6 Å². The standard InChI is InChI=1S/C48H32N4O/c1-48(2)39-19-11-9-17-33(39)36-28-42-37(27-40(36)48)34-18-10-12-20-41(34)52(42)47-50-45(30-15-7-4-8-16-30)49-46(51-47)32-21-23-35-38-25-31(29-13-5-3-6-14-29)22-24-43(38)53-44(35)26-32/h3-28H,1-2H3. The van der Waals surface area contributed by atoms with Crippen LogP contribution in [0.4, 0.5) is 0 Å². The maximum absolute atomic E-state index is 6.45. The van der Waals surface area contributed by atoms with Crippen LogP contribution in [0, 0.1) is 0 Å². The smallest absolute Gasteiger partial charge is 0.238 e. The largest absolute Gasteiger partial charge is 0.456 e. The fourth-order valence-corrected chi connectivity index (χ4v) is 8.42. The lowest BCUT2D eigenvalue weighted by Crippen LogP contribution is -2.14. The number of aromatic nitrogens is 4. The Hall–Kier alpha value is -6.85. The molecule has 0 saturated heterocycles. The molecule has 0 atom stereocenters. The zero-order chi connectivity index (χ0) is 35.3. The molecule has 0 aliphatic heterocycles. The molecular formula is C48H32N4O. The lowest BCUT2D eigenvalue weighted by molar-refractivity contribution is 0.661. The van der Waals surface area contributed by atoms with E-state index in [2.05, 4.69) is 140 Å². The highest BCUT2D eigenvalue weighted by Gasteiger charge is 2.36. The molecule has 3 heterocycles. The van der Waals surface area contributed by atoms with Crippen molar-refractivity contribution in [1.82, 2.24) is 19.5 Å². The molecule has 11 rings (SSSR count). The third-order valence-electron chi connectivity index (χ3n) is 11.1. The van der Waals surface area contributed by atoms with Crippen molar-refractivity contribution in [2.75, 3.05) is 0 Å². The van der Waals surface area contributed by atoms with Gasteiger partial charge in [0.2, 0.25) is 5.95 Å². The summed E-state index contributed by atoms with van der Waals surface area (Å²) in [5.41, 5.74) is 13.0. The molecule has 250 valence electrons. The summed E-state index contributed by atoms with van der Waals surface area (Å²) in [5, 5.41) is 4.48. The van der Waals surface area contributed by atoms with Crippen LogP contribution >= 0.6 is 0 Å². The number of hydrogen-bond donors (Lipinski definition) is 0. The van der Waals surface area contributed by atoms with Gasteiger partial charge in [-0.25, -0.2) is 4.98 Å². The molecule has 7 aromatic carbocycles. The van der Waals surface area contributed by atoms with E-state index in [0.717, 1.165) is 49.7 Å². The lowest BCUT2D eigenvalue weighted by atomic mass is 9.82. The molecule has 0 radical (unpaired) electrons. The van der Waals surface area contributed by atoms with Gasteiger partial charge in [-0.2, -0.15) is 9.97 Å². The summed E-state index contributed by atoms with van der Waals surface area (Å²) in [5.74, 6) is 1.77. The molecule has 0 saturated carbocycles. The SMILES string of the molecule is CC1(C)c2ccccc2-c2cc3c(cc21)c1ccccc1n3-c1nc(-c2ccccc2)nc(-c2ccc3c(c2)oc2ccc(-c4ccccc4)cc23)n1. The van der Waals surface area contributed by atoms with Crippen molar-refractivity contribution in [1.29, 1.82) is 0 Å². The van der Waals surface area contributed by atoms with E-state index in [-0.39, 0.29) is 5.41 Å². The van der Waals surface area contributed by atoms with Crippen LogP contribution in [-0.4, -0.2) is 19.5 Å². The molecule has 5 heteroatoms. The molecule has 3 aromatic heterocycles. The van der Waals surface area contributed by atoms with Crippen LogP contribution in [0.3, 0.4) is 0 Å². The second-order valence-electron chi connectivity index (χ2n) is 14.5. The molecule has 0 fully saturated rings. The zero-order valence-electron chi connectivity index (χ0n) is 29.2. The van der Waals surface area contributed by atoms with Crippen molar-refractivity contribution in [3.05, 3.63) is 169 Å². The van der Waals surface area contributed by atoms with Gasteiger partial charge in [-0.05, 0) is 75.8 Å². The monoisotopic (exact) mass is 680 g/mol. The second-order valence-corrected chi connectivity index (χ2v) is 14.5. The predicted octanol–water partition coefficient (Wildman–Crippen LogP) is 12.2. The lowest BCUT2D eigenvalue weighted by Gasteiger charge is -2.21. The molecule has 0 spiro atoms. The number of fused-ring (bicyclic) bond motifs is 9. The van der Waals surface area contributed by atoms with Crippen molar-refractivity contribution in [2.24, 2.45) is 0 Å². The highest BCUT2D eigenvalue weighted by atomic mass is 16.3. The quantitative estimate of drug-likeness (QED) is 0.186. The Morgan fingerprint density at radius 3 is 1.96 bits per heavy atom. The minimum Gasteiger partial charge on any atom is -0.456 e. The fourth-order valence-electron chi connectivity index (χ4n) is 8.42. The van der Waals surface area contributed by atoms with Gasteiger partial charge < -0.3 is 4.42 Å². The summed E-state index contributed by atoms with van der Waals surface area (Å²) in [6.45, 7) is 4.65. The Bertz CT molecular complexity index is 3080. The van der Waals surface area contributed by atoms with E-state index in [1.54, 1.807) is 0 Å². The van der Waals surface area contributed by atoms with Crippen molar-refractivity contribution in [3.63, 3.8) is 0 Å². The van der Waals surface area contributed by atoms with Crippen LogP contribution in [0.2, 0.25) is 0 Å². The van der Waals surface area contributed by atoms with Gasteiger partial charge in [0.25, 0.3) is 0 Å². The first-order valence-corrected chi connectivity index (χ1v) is 18.0. The van der Waals surface area contributed by atoms with Gasteiger partial charge in [0.15, 0.2) is 11.6 Å². The van der Waals surface area contributed by atoms with Gasteiger partial charge in [-0.3, -0.25) is 4.57 Å². The summed E-state index contributed by atoms with van der Waals surface area (Å²) >= 11 is 0. The topological polar surface area (TPSA) is 56.7 Å². The van der Waals surface area contributed by atoms with Crippen LogP contribution in [-0.2, 0) is 5.41 Å². The molecule has 53 heavy (non-hydrogen) atoms. The number of benzene rings is 7. The molecule has 1 aliphatic carbocycles. The van der Waals surface area contributed by atoms with Gasteiger partial charge in [0.05, 0.1) is 11.0 Å². The number of hydrogen-bond acceptors (Lipinski definition) is 4. The summed E-state index contributed by atoms with van der Waals surface area (Å²) in [4.78, 5) is 15.5. The molecule has 1 aliphatic rings. The highest BCUT2D eigenvalue weighted by molar-refractivity contribution is 6.11. The predicted molar refractivity (Wildman–Crippen MR) is 215 cm³/mol. The van der Waals surface area contributed by atoms with Crippen LogP contribution in [0.1, 0.15) is 25.0 Å². The Kier molecular flexibility index (Phi) is 6.23. The molecule has 0 N–H and O–H groups in total. The summed E-state index contributed by atoms with van der Waals surface area (Å²) in [6.07, 6.45) is 0. The van der Waals surface area contributed by atoms with Gasteiger partial charge in [0.1, 0.15) is 11.2 Å². The van der Waals surface area contributed by atoms with Crippen molar-refractivity contribution in [3.8, 4) is 51.0 Å². The maximum Gasteiger partial charge on any atom is 0.238 e. The maximum atomic E-state index is 6.45. The second kappa shape index (κ2) is 11.1. The number of nitrogens with zero attached hydrogens (tertiary/aromatic N) is 4. The van der Waals surface area contributed by atoms with E-state index in [4.69, 9.17) is 19.4 Å². The van der Waals surface area contributed by atoms with Crippen molar-refractivity contribution < 1.29 is 4.42 Å². The number of furan rings is 1. The minimum atomic E-state index is -0.109. The molecule has 5 nitrogen and oxygen atoms in total. The third-order valence-corrected chi connectivity index (χ3v) is 11.1. The van der Waals surface area contributed by atoms with Gasteiger partial charge in [0, 0.05) is 38.1 Å². The fraction of sp³-hybridized carbons (Fsp3) is 0.0625. The Morgan fingerprint density at radius 2 is 1.13 bits per heavy atom. The molecule has 10 aromatic rings. The molecule has 0 unspecified atom stereocenters. The first-order valence-electron chi connectivity index (χ1n) is 18.0. The summed E-state index contributed by atoms with van der Waals surface area (Å²) in [6, 6.07) is 55.3. The van der Waals surface area contributed by atoms with E-state index in [0.29, 0.717) is 17.6 Å². The van der Waals surface area contributed by atoms with E-state index < -0.39 is 0 Å². The molecule has 0 bridgehead atoms. The van der Waals surface area contributed by atoms with Crippen LogP contribution in [0.15, 0.2) is 162 Å². The van der Waals surface area contributed by atoms with Crippen molar-refractivity contribution >= 4 is 43.7 Å². The zero-order valence-corrected chi connectivity index (χ0v) is 29.2. The Balaban J connectivity index is 1.14. The number of rotatable bonds is 4. The Morgan fingerprint density at radius 1 is 0.434 bits per heavy atom. The van der Waals surface area contributed by atoms with Gasteiger partial charge in [-0.15, -0.1) is 0 Å². The summed E-state index contributed by atoms with van der Waals surface area (Å²) in [7, 11) is 0. The van der Waals surface area contributed by atoms with Crippen LogP contribution < -0.4 is 0 Å². The average molecular weight is 681 g/mol. The normalized spacial score (nSPS) is 13.2. The minimum absolute atomic E-state index is 0.109. The van der Waals surface area contributed by atoms with Crippen molar-refractivity contribution in [2.45, 2.75) is 19.3 Å². The van der Waals surface area contributed by atoms with Gasteiger partial charge in [-0.1, -0.05) is 129 Å². The Labute approximate surface area is 305 Å². The van der Waals surface area contributed by atoms with E-state index >= 15 is 0 Å². The first-order chi connectivity index (χ1) is 26.0. The average Bonchev–Trinajstić information content (AvgIpc) is 3.82. The highest BCUT2D eigenvalue weighted by Crippen LogP contribution is 2.51. The van der Waals surface area contributed by atoms with Crippen LogP contribution in [0.5, 0.6) is 0 Å². The van der Waals surface area contributed by atoms with Gasteiger partial charge >= 0.3 is 0 Å². The molecule has 0 amide bonds. The first kappa shape index (κ1) is 29.8. The third kappa shape index (κ3) is 4.47. The summed E-state index contributed by atoms with van der Waals surface area (Å²) < 4.78 is 8.66. The van der Waals surface area contributed by atoms with Crippen LogP contribution in [0.25, 0.3) is 94.7 Å². The number of para-hydroxylation sites is 1. The van der Waals surface area contributed by atoms with E-state index in [1.807, 2.05) is 36.4 Å². The molecular weight excluding hydrogens is 649 g/mol. The van der Waals surface area contributed by atoms with E-state index in [9.17, 15) is 0 Å².